The Morgan fingerprint density at radius 3 is 2.89 bits per heavy atom. The molecule has 1 aromatic heterocycles. The van der Waals surface area contributed by atoms with Crippen molar-refractivity contribution in [2.24, 2.45) is 0 Å². The highest BCUT2D eigenvalue weighted by molar-refractivity contribution is 9.10. The van der Waals surface area contributed by atoms with E-state index in [1.54, 1.807) is 19.2 Å². The molecule has 0 aliphatic carbocycles. The molecule has 98 valence electrons. The summed E-state index contributed by atoms with van der Waals surface area (Å²) in [7, 11) is 0. The molecule has 2 rings (SSSR count). The predicted molar refractivity (Wildman–Crippen MR) is 77.7 cm³/mol. The van der Waals surface area contributed by atoms with E-state index in [1.165, 1.54) is 0 Å². The van der Waals surface area contributed by atoms with Gasteiger partial charge in [0.15, 0.2) is 5.69 Å². The molecule has 0 unspecified atom stereocenters. The van der Waals surface area contributed by atoms with Gasteiger partial charge in [-0.2, -0.15) is 0 Å². The number of hydrogen-bond donors (Lipinski definition) is 1. The third-order valence-electron chi connectivity index (χ3n) is 2.59. The minimum atomic E-state index is -0.503. The van der Waals surface area contributed by atoms with E-state index in [-0.39, 0.29) is 5.69 Å². The lowest BCUT2D eigenvalue weighted by Gasteiger charge is -2.09. The number of ether oxygens (including phenoxy) is 1. The number of halogens is 1. The molecule has 0 saturated heterocycles. The minimum absolute atomic E-state index is 0.152. The van der Waals surface area contributed by atoms with Crippen LogP contribution in [0.5, 0.6) is 0 Å². The highest BCUT2D eigenvalue weighted by Gasteiger charge is 2.16. The van der Waals surface area contributed by atoms with Crippen molar-refractivity contribution in [2.45, 2.75) is 6.92 Å². The third kappa shape index (κ3) is 2.93. The number of pyridine rings is 1. The van der Waals surface area contributed by atoms with Crippen LogP contribution in [0.15, 0.2) is 41.0 Å². The van der Waals surface area contributed by atoms with E-state index in [1.807, 2.05) is 24.3 Å². The standard InChI is InChI=1S/C14H13BrN2O2/c1-2-19-14(18)13-12(16)11(6-7-17-13)9-4-3-5-10(15)8-9/h3-8H,2,16H2,1H3. The molecule has 0 spiro atoms. The molecule has 0 amide bonds. The zero-order valence-electron chi connectivity index (χ0n) is 10.4. The number of hydrogen-bond acceptors (Lipinski definition) is 4. The van der Waals surface area contributed by atoms with Crippen molar-refractivity contribution in [3.05, 3.63) is 46.7 Å². The second kappa shape index (κ2) is 5.84. The quantitative estimate of drug-likeness (QED) is 0.881. The molecule has 19 heavy (non-hydrogen) atoms. The summed E-state index contributed by atoms with van der Waals surface area (Å²) in [6.07, 6.45) is 1.55. The molecule has 0 radical (unpaired) electrons. The number of nitrogen functional groups attached to an aromatic ring is 1. The maximum absolute atomic E-state index is 11.7. The van der Waals surface area contributed by atoms with Gasteiger partial charge in [-0.05, 0) is 30.7 Å². The number of anilines is 1. The van der Waals surface area contributed by atoms with Crippen LogP contribution in [0.4, 0.5) is 5.69 Å². The predicted octanol–water partition coefficient (Wildman–Crippen LogP) is 3.27. The van der Waals surface area contributed by atoms with Gasteiger partial charge in [-0.15, -0.1) is 0 Å². The lowest BCUT2D eigenvalue weighted by Crippen LogP contribution is -2.11. The summed E-state index contributed by atoms with van der Waals surface area (Å²) in [6.45, 7) is 2.04. The van der Waals surface area contributed by atoms with Gasteiger partial charge in [-0.1, -0.05) is 28.1 Å². The Balaban J connectivity index is 2.48. The van der Waals surface area contributed by atoms with Gasteiger partial charge in [0.25, 0.3) is 0 Å². The molecule has 2 aromatic rings. The maximum atomic E-state index is 11.7. The van der Waals surface area contributed by atoms with Crippen molar-refractivity contribution < 1.29 is 9.53 Å². The first-order valence-corrected chi connectivity index (χ1v) is 6.60. The second-order valence-corrected chi connectivity index (χ2v) is 4.77. The van der Waals surface area contributed by atoms with E-state index in [0.717, 1.165) is 15.6 Å². The van der Waals surface area contributed by atoms with Crippen molar-refractivity contribution in [1.82, 2.24) is 4.98 Å². The largest absolute Gasteiger partial charge is 0.461 e. The van der Waals surface area contributed by atoms with E-state index in [2.05, 4.69) is 20.9 Å². The normalized spacial score (nSPS) is 10.2. The molecule has 4 nitrogen and oxygen atoms in total. The summed E-state index contributed by atoms with van der Waals surface area (Å²) in [5, 5.41) is 0. The Labute approximate surface area is 119 Å². The Hall–Kier alpha value is -1.88. The van der Waals surface area contributed by atoms with Gasteiger partial charge in [-0.3, -0.25) is 0 Å². The van der Waals surface area contributed by atoms with Crippen molar-refractivity contribution in [3.8, 4) is 11.1 Å². The Morgan fingerprint density at radius 1 is 1.42 bits per heavy atom. The van der Waals surface area contributed by atoms with Crippen LogP contribution in [0.3, 0.4) is 0 Å². The van der Waals surface area contributed by atoms with Crippen LogP contribution >= 0.6 is 15.9 Å². The fourth-order valence-electron chi connectivity index (χ4n) is 1.74. The van der Waals surface area contributed by atoms with Gasteiger partial charge in [0, 0.05) is 16.2 Å². The molecular weight excluding hydrogens is 308 g/mol. The van der Waals surface area contributed by atoms with Gasteiger partial charge in [0.2, 0.25) is 0 Å². The topological polar surface area (TPSA) is 65.2 Å². The van der Waals surface area contributed by atoms with Crippen LogP contribution in [0, 0.1) is 0 Å². The summed E-state index contributed by atoms with van der Waals surface area (Å²) in [6, 6.07) is 9.46. The Kier molecular flexibility index (Phi) is 4.16. The Bertz CT molecular complexity index is 614. The number of rotatable bonds is 3. The average Bonchev–Trinajstić information content (AvgIpc) is 2.39. The fourth-order valence-corrected chi connectivity index (χ4v) is 2.14. The first-order valence-electron chi connectivity index (χ1n) is 5.81. The number of carbonyl (C=O) groups is 1. The molecule has 1 heterocycles. The lowest BCUT2D eigenvalue weighted by atomic mass is 10.0. The molecule has 0 aliphatic rings. The van der Waals surface area contributed by atoms with E-state index < -0.39 is 5.97 Å². The van der Waals surface area contributed by atoms with Crippen LogP contribution in [-0.4, -0.2) is 17.6 Å². The molecule has 0 saturated carbocycles. The monoisotopic (exact) mass is 320 g/mol. The zero-order valence-corrected chi connectivity index (χ0v) is 12.0. The summed E-state index contributed by atoms with van der Waals surface area (Å²) >= 11 is 3.41. The Morgan fingerprint density at radius 2 is 2.21 bits per heavy atom. The molecular formula is C14H13BrN2O2. The van der Waals surface area contributed by atoms with Crippen LogP contribution in [0.2, 0.25) is 0 Å². The maximum Gasteiger partial charge on any atom is 0.359 e. The molecule has 1 aromatic carbocycles. The number of esters is 1. The summed E-state index contributed by atoms with van der Waals surface area (Å²) < 4.78 is 5.88. The number of nitrogens with zero attached hydrogens (tertiary/aromatic N) is 1. The summed E-state index contributed by atoms with van der Waals surface area (Å²) in [5.41, 5.74) is 8.18. The average molecular weight is 321 g/mol. The van der Waals surface area contributed by atoms with E-state index in [9.17, 15) is 4.79 Å². The zero-order chi connectivity index (χ0) is 13.8. The van der Waals surface area contributed by atoms with Crippen molar-refractivity contribution in [1.29, 1.82) is 0 Å². The van der Waals surface area contributed by atoms with Crippen LogP contribution in [-0.2, 0) is 4.74 Å². The van der Waals surface area contributed by atoms with Crippen molar-refractivity contribution in [2.75, 3.05) is 12.3 Å². The van der Waals surface area contributed by atoms with Gasteiger partial charge < -0.3 is 10.5 Å². The summed E-state index contributed by atoms with van der Waals surface area (Å²) in [4.78, 5) is 15.7. The smallest absolute Gasteiger partial charge is 0.359 e. The lowest BCUT2D eigenvalue weighted by molar-refractivity contribution is 0.0521. The molecule has 0 bridgehead atoms. The van der Waals surface area contributed by atoms with Crippen molar-refractivity contribution >= 4 is 27.6 Å². The van der Waals surface area contributed by atoms with Gasteiger partial charge in [0.05, 0.1) is 12.3 Å². The fraction of sp³-hybridized carbons (Fsp3) is 0.143. The van der Waals surface area contributed by atoms with Crippen LogP contribution < -0.4 is 5.73 Å². The molecule has 5 heteroatoms. The van der Waals surface area contributed by atoms with E-state index in [4.69, 9.17) is 10.5 Å². The molecule has 0 fully saturated rings. The van der Waals surface area contributed by atoms with Crippen LogP contribution in [0.25, 0.3) is 11.1 Å². The SMILES string of the molecule is CCOC(=O)c1nccc(-c2cccc(Br)c2)c1N. The molecule has 2 N–H and O–H groups in total. The van der Waals surface area contributed by atoms with Crippen LogP contribution in [0.1, 0.15) is 17.4 Å². The van der Waals surface area contributed by atoms with E-state index in [0.29, 0.717) is 12.3 Å². The second-order valence-electron chi connectivity index (χ2n) is 3.85. The highest BCUT2D eigenvalue weighted by Crippen LogP contribution is 2.29. The first kappa shape index (κ1) is 13.5. The van der Waals surface area contributed by atoms with E-state index >= 15 is 0 Å². The molecule has 0 atom stereocenters. The molecule has 0 aliphatic heterocycles. The number of carbonyl (C=O) groups excluding carboxylic acids is 1. The number of aromatic nitrogens is 1. The number of benzene rings is 1. The van der Waals surface area contributed by atoms with Gasteiger partial charge in [-0.25, -0.2) is 9.78 Å². The van der Waals surface area contributed by atoms with Gasteiger partial charge >= 0.3 is 5.97 Å². The number of nitrogens with two attached hydrogens (primary N) is 1. The first-order chi connectivity index (χ1) is 9.13. The van der Waals surface area contributed by atoms with Gasteiger partial charge in [0.1, 0.15) is 0 Å². The van der Waals surface area contributed by atoms with Crippen molar-refractivity contribution in [3.63, 3.8) is 0 Å². The summed E-state index contributed by atoms with van der Waals surface area (Å²) in [5.74, 6) is -0.503. The third-order valence-corrected chi connectivity index (χ3v) is 3.09. The highest BCUT2D eigenvalue weighted by atomic mass is 79.9. The minimum Gasteiger partial charge on any atom is -0.461 e.